The van der Waals surface area contributed by atoms with Gasteiger partial charge in [-0.15, -0.1) is 0 Å². The maximum absolute atomic E-state index is 10.3. The standard InChI is InChI=1S/C42H35Cl2N8/c43-30-8-11-33-26(21-49-37(33)17-30)7-10-32-25-52(39-5-1-3-35-41(39)28(19-45)23-47-35,40-6-2-4-36-42(40)29(20-46)24-48-36)16-15-51(32)14-13-27-22-50-38-18-31(44)9-12-34(27)38/h1-6,8-9,11-12,17-18,21-24,32,47-50H,7,10,13-16,25H2/q+1. The third-order valence-electron chi connectivity index (χ3n) is 11.2. The summed E-state index contributed by atoms with van der Waals surface area (Å²) in [7, 11) is 0. The Morgan fingerprint density at radius 3 is 1.77 bits per heavy atom. The second kappa shape index (κ2) is 12.9. The van der Waals surface area contributed by atoms with Crippen LogP contribution in [0.2, 0.25) is 10.0 Å². The molecule has 9 rings (SSSR count). The molecule has 8 aromatic rings. The highest BCUT2D eigenvalue weighted by molar-refractivity contribution is 6.31. The number of halogens is 2. The van der Waals surface area contributed by atoms with Crippen LogP contribution in [-0.4, -0.2) is 57.1 Å². The summed E-state index contributed by atoms with van der Waals surface area (Å²) in [6, 6.07) is 29.8. The van der Waals surface area contributed by atoms with E-state index in [0.29, 0.717) is 20.6 Å². The lowest BCUT2D eigenvalue weighted by molar-refractivity contribution is 0.103. The van der Waals surface area contributed by atoms with Gasteiger partial charge in [0.25, 0.3) is 0 Å². The predicted octanol–water partition coefficient (Wildman–Crippen LogP) is 9.86. The molecule has 1 saturated heterocycles. The number of aromatic amines is 4. The van der Waals surface area contributed by atoms with Crippen molar-refractivity contribution in [1.82, 2.24) is 29.3 Å². The molecule has 1 fully saturated rings. The molecule has 4 aromatic carbocycles. The molecule has 52 heavy (non-hydrogen) atoms. The summed E-state index contributed by atoms with van der Waals surface area (Å²) in [6.45, 7) is 3.25. The van der Waals surface area contributed by atoms with E-state index in [1.165, 1.54) is 21.9 Å². The van der Waals surface area contributed by atoms with Crippen LogP contribution in [0.3, 0.4) is 0 Å². The zero-order chi connectivity index (χ0) is 35.4. The molecule has 0 radical (unpaired) electrons. The van der Waals surface area contributed by atoms with Crippen molar-refractivity contribution >= 4 is 78.2 Å². The highest BCUT2D eigenvalue weighted by Crippen LogP contribution is 2.46. The van der Waals surface area contributed by atoms with Gasteiger partial charge in [0.2, 0.25) is 0 Å². The van der Waals surface area contributed by atoms with Crippen LogP contribution in [-0.2, 0) is 12.8 Å². The van der Waals surface area contributed by atoms with E-state index in [1.54, 1.807) is 0 Å². The molecule has 4 aromatic heterocycles. The summed E-state index contributed by atoms with van der Waals surface area (Å²) in [5.41, 5.74) is 9.91. The van der Waals surface area contributed by atoms with Crippen molar-refractivity contribution in [3.63, 3.8) is 0 Å². The van der Waals surface area contributed by atoms with E-state index in [4.69, 9.17) is 23.2 Å². The Labute approximate surface area is 310 Å². The number of aryl methyl sites for hydroxylation is 1. The van der Waals surface area contributed by atoms with Crippen molar-refractivity contribution in [1.29, 1.82) is 10.5 Å². The summed E-state index contributed by atoms with van der Waals surface area (Å²) in [4.78, 5) is 16.2. The number of hydrogen-bond donors (Lipinski definition) is 4. The molecule has 0 aliphatic carbocycles. The fourth-order valence-electron chi connectivity index (χ4n) is 8.72. The van der Waals surface area contributed by atoms with Crippen LogP contribution in [0.1, 0.15) is 28.7 Å². The molecule has 8 nitrogen and oxygen atoms in total. The minimum atomic E-state index is 0.171. The average molecular weight is 723 g/mol. The third kappa shape index (κ3) is 5.35. The van der Waals surface area contributed by atoms with Crippen LogP contribution in [0.25, 0.3) is 43.6 Å². The summed E-state index contributed by atoms with van der Waals surface area (Å²) in [5.74, 6) is 0. The lowest BCUT2D eigenvalue weighted by Gasteiger charge is -2.48. The minimum absolute atomic E-state index is 0.171. The number of H-pyrrole nitrogens is 4. The normalized spacial score (nSPS) is 16.2. The van der Waals surface area contributed by atoms with Crippen molar-refractivity contribution in [3.8, 4) is 12.1 Å². The van der Waals surface area contributed by atoms with Gasteiger partial charge in [-0.2, -0.15) is 10.5 Å². The van der Waals surface area contributed by atoms with Crippen molar-refractivity contribution in [2.75, 3.05) is 26.2 Å². The van der Waals surface area contributed by atoms with E-state index < -0.39 is 0 Å². The Hall–Kier alpha value is -5.48. The van der Waals surface area contributed by atoms with E-state index in [-0.39, 0.29) is 6.04 Å². The van der Waals surface area contributed by atoms with Crippen LogP contribution in [0, 0.1) is 22.7 Å². The second-order valence-corrected chi connectivity index (χ2v) is 14.8. The Bertz CT molecular complexity index is 2620. The van der Waals surface area contributed by atoms with Gasteiger partial charge in [0.15, 0.2) is 0 Å². The number of quaternary nitrogens is 1. The molecule has 1 atom stereocenters. The number of nitrogens with zero attached hydrogens (tertiary/aromatic N) is 4. The number of nitriles is 2. The largest absolute Gasteiger partial charge is 0.361 e. The average Bonchev–Trinajstić information content (AvgIpc) is 3.97. The first-order valence-corrected chi connectivity index (χ1v) is 18.3. The number of aromatic nitrogens is 4. The van der Waals surface area contributed by atoms with E-state index >= 15 is 0 Å². The summed E-state index contributed by atoms with van der Waals surface area (Å²) < 4.78 is 0.518. The molecule has 1 aliphatic heterocycles. The third-order valence-corrected chi connectivity index (χ3v) is 11.7. The minimum Gasteiger partial charge on any atom is -0.361 e. The van der Waals surface area contributed by atoms with Crippen molar-refractivity contribution < 1.29 is 0 Å². The Morgan fingerprint density at radius 1 is 0.673 bits per heavy atom. The molecule has 4 N–H and O–H groups in total. The maximum Gasteiger partial charge on any atom is 0.148 e. The molecule has 5 heterocycles. The smallest absolute Gasteiger partial charge is 0.148 e. The topological polar surface area (TPSA) is 114 Å². The molecule has 0 saturated carbocycles. The highest BCUT2D eigenvalue weighted by Gasteiger charge is 2.45. The molecular weight excluding hydrogens is 687 g/mol. The van der Waals surface area contributed by atoms with Crippen molar-refractivity contribution in [2.45, 2.75) is 25.3 Å². The van der Waals surface area contributed by atoms with Gasteiger partial charge in [0.05, 0.1) is 39.0 Å². The molecule has 0 amide bonds. The first-order chi connectivity index (χ1) is 25.5. The second-order valence-electron chi connectivity index (χ2n) is 13.9. The maximum atomic E-state index is 10.3. The zero-order valence-electron chi connectivity index (χ0n) is 28.3. The highest BCUT2D eigenvalue weighted by atomic mass is 35.5. The Morgan fingerprint density at radius 2 is 1.21 bits per heavy atom. The Balaban J connectivity index is 1.17. The van der Waals surface area contributed by atoms with Crippen LogP contribution < -0.4 is 4.48 Å². The molecular formula is C42H35Cl2N8+. The summed E-state index contributed by atoms with van der Waals surface area (Å²) in [6.07, 6.45) is 10.5. The number of fused-ring (bicyclic) bond motifs is 4. The molecule has 10 heteroatoms. The SMILES string of the molecule is N#Cc1c[nH]c2cccc([N+]3(c4cccc5[nH]cc(C#N)c45)CCN(CCc4c[nH]c5cc(Cl)ccc45)C(CCc4c[nH]c5cc(Cl)ccc45)C3)c12. The Kier molecular flexibility index (Phi) is 8.07. The van der Waals surface area contributed by atoms with Gasteiger partial charge in [-0.25, -0.2) is 0 Å². The van der Waals surface area contributed by atoms with Crippen molar-refractivity contribution in [2.24, 2.45) is 0 Å². The predicted molar refractivity (Wildman–Crippen MR) is 211 cm³/mol. The van der Waals surface area contributed by atoms with Gasteiger partial charge < -0.3 is 19.9 Å². The van der Waals surface area contributed by atoms with E-state index in [2.05, 4.69) is 85.8 Å². The van der Waals surface area contributed by atoms with Gasteiger partial charge in [0, 0.05) is 81.9 Å². The summed E-state index contributed by atoms with van der Waals surface area (Å²) >= 11 is 12.7. The summed E-state index contributed by atoms with van der Waals surface area (Å²) in [5, 5.41) is 26.3. The fourth-order valence-corrected chi connectivity index (χ4v) is 9.07. The van der Waals surface area contributed by atoms with Gasteiger partial charge in [0.1, 0.15) is 36.6 Å². The van der Waals surface area contributed by atoms with Gasteiger partial charge in [-0.05, 0) is 66.8 Å². The van der Waals surface area contributed by atoms with Crippen molar-refractivity contribution in [3.05, 3.63) is 130 Å². The zero-order valence-corrected chi connectivity index (χ0v) is 29.8. The molecule has 256 valence electrons. The van der Waals surface area contributed by atoms with E-state index in [9.17, 15) is 10.5 Å². The number of benzene rings is 4. The number of rotatable bonds is 8. The number of hydrogen-bond acceptors (Lipinski definition) is 3. The van der Waals surface area contributed by atoms with Gasteiger partial charge in [-0.1, -0.05) is 47.5 Å². The molecule has 0 bridgehead atoms. The molecule has 1 aliphatic rings. The quantitative estimate of drug-likeness (QED) is 0.117. The number of nitrogens with one attached hydrogen (secondary N) is 4. The lowest BCUT2D eigenvalue weighted by atomic mass is 9.95. The fraction of sp³-hybridized carbons (Fsp3) is 0.190. The van der Waals surface area contributed by atoms with E-state index in [0.717, 1.165) is 94.7 Å². The van der Waals surface area contributed by atoms with Gasteiger partial charge >= 0.3 is 0 Å². The lowest BCUT2D eigenvalue weighted by Crippen LogP contribution is -2.62. The molecule has 1 unspecified atom stereocenters. The molecule has 0 spiro atoms. The number of piperazine rings is 1. The van der Waals surface area contributed by atoms with Crippen LogP contribution >= 0.6 is 23.2 Å². The first-order valence-electron chi connectivity index (χ1n) is 17.6. The monoisotopic (exact) mass is 721 g/mol. The van der Waals surface area contributed by atoms with Crippen LogP contribution in [0.15, 0.2) is 97.6 Å². The van der Waals surface area contributed by atoms with Crippen LogP contribution in [0.4, 0.5) is 11.4 Å². The first kappa shape index (κ1) is 32.4. The van der Waals surface area contributed by atoms with E-state index in [1.807, 2.05) is 48.8 Å². The van der Waals surface area contributed by atoms with Gasteiger partial charge in [-0.3, -0.25) is 9.38 Å². The van der Waals surface area contributed by atoms with Crippen LogP contribution in [0.5, 0.6) is 0 Å².